The molecule has 2 amide bonds. The van der Waals surface area contributed by atoms with Crippen molar-refractivity contribution < 1.29 is 14.3 Å². The Labute approximate surface area is 117 Å². The van der Waals surface area contributed by atoms with Gasteiger partial charge < -0.3 is 10.1 Å². The van der Waals surface area contributed by atoms with Crippen LogP contribution >= 0.6 is 0 Å². The van der Waals surface area contributed by atoms with Crippen LogP contribution in [0.15, 0.2) is 46.6 Å². The highest BCUT2D eigenvalue weighted by atomic mass is 16.5. The van der Waals surface area contributed by atoms with Crippen LogP contribution in [0, 0.1) is 0 Å². The molecule has 5 nitrogen and oxygen atoms in total. The minimum atomic E-state index is -0.454. The number of rotatable bonds is 5. The zero-order valence-corrected chi connectivity index (χ0v) is 11.3. The molecule has 1 aromatic carbocycles. The van der Waals surface area contributed by atoms with Crippen molar-refractivity contribution in [3.63, 3.8) is 0 Å². The highest BCUT2D eigenvalue weighted by Gasteiger charge is 2.20. The number of esters is 1. The highest BCUT2D eigenvalue weighted by Crippen LogP contribution is 2.14. The summed E-state index contributed by atoms with van der Waals surface area (Å²) in [5, 5.41) is 2.54. The Hall–Kier alpha value is -2.43. The van der Waals surface area contributed by atoms with Gasteiger partial charge in [0.1, 0.15) is 6.61 Å². The Kier molecular flexibility index (Phi) is 4.65. The van der Waals surface area contributed by atoms with E-state index in [4.69, 9.17) is 4.74 Å². The maximum Gasteiger partial charge on any atom is 0.345 e. The molecule has 0 unspecified atom stereocenters. The number of hydrogen-bond donors (Lipinski definition) is 1. The second kappa shape index (κ2) is 6.65. The Morgan fingerprint density at radius 3 is 2.65 bits per heavy atom. The predicted octanol–water partition coefficient (Wildman–Crippen LogP) is 2.58. The first-order chi connectivity index (χ1) is 9.70. The third-order valence-corrected chi connectivity index (χ3v) is 2.84. The van der Waals surface area contributed by atoms with Crippen molar-refractivity contribution in [2.24, 2.45) is 4.99 Å². The fraction of sp³-hybridized carbons (Fsp3) is 0.267. The second-order valence-electron chi connectivity index (χ2n) is 4.39. The number of aliphatic imine (C=N–C) groups is 1. The van der Waals surface area contributed by atoms with Gasteiger partial charge in [0.15, 0.2) is 0 Å². The van der Waals surface area contributed by atoms with Crippen LogP contribution in [0.4, 0.5) is 4.79 Å². The number of hydrogen-bond acceptors (Lipinski definition) is 3. The molecule has 1 N–H and O–H groups in total. The summed E-state index contributed by atoms with van der Waals surface area (Å²) in [5.74, 6) is -0.417. The number of carbonyl (C=O) groups is 2. The predicted molar refractivity (Wildman–Crippen MR) is 75.2 cm³/mol. The Bertz CT molecular complexity index is 562. The molecule has 0 saturated heterocycles. The van der Waals surface area contributed by atoms with Crippen LogP contribution in [0.2, 0.25) is 0 Å². The summed E-state index contributed by atoms with van der Waals surface area (Å²) in [7, 11) is 0. The van der Waals surface area contributed by atoms with Crippen LogP contribution in [0.5, 0.6) is 0 Å². The van der Waals surface area contributed by atoms with Crippen LogP contribution in [0.1, 0.15) is 25.3 Å². The molecule has 0 atom stereocenters. The molecule has 1 aromatic rings. The van der Waals surface area contributed by atoms with Crippen molar-refractivity contribution in [3.8, 4) is 0 Å². The van der Waals surface area contributed by atoms with Gasteiger partial charge in [-0.25, -0.2) is 9.59 Å². The molecule has 0 saturated carbocycles. The van der Waals surface area contributed by atoms with Crippen molar-refractivity contribution in [1.29, 1.82) is 0 Å². The van der Waals surface area contributed by atoms with Crippen LogP contribution in [0.25, 0.3) is 0 Å². The quantitative estimate of drug-likeness (QED) is 0.661. The molecule has 0 aliphatic carbocycles. The molecule has 0 aromatic heterocycles. The second-order valence-corrected chi connectivity index (χ2v) is 4.39. The van der Waals surface area contributed by atoms with Gasteiger partial charge in [0.25, 0.3) is 0 Å². The van der Waals surface area contributed by atoms with Crippen molar-refractivity contribution >= 4 is 18.2 Å². The minimum absolute atomic E-state index is 0.214. The maximum atomic E-state index is 12.1. The van der Waals surface area contributed by atoms with Crippen LogP contribution in [-0.4, -0.2) is 18.2 Å². The van der Waals surface area contributed by atoms with E-state index in [2.05, 4.69) is 10.3 Å². The fourth-order valence-corrected chi connectivity index (χ4v) is 1.86. The molecule has 0 fully saturated rings. The molecule has 1 heterocycles. The number of carbonyl (C=O) groups excluding carboxylic acids is 2. The van der Waals surface area contributed by atoms with E-state index in [0.29, 0.717) is 17.7 Å². The Morgan fingerprint density at radius 1 is 1.30 bits per heavy atom. The largest absolute Gasteiger partial charge is 0.457 e. The van der Waals surface area contributed by atoms with E-state index in [1.165, 1.54) is 6.21 Å². The fourth-order valence-electron chi connectivity index (χ4n) is 1.86. The smallest absolute Gasteiger partial charge is 0.345 e. The lowest BCUT2D eigenvalue weighted by Gasteiger charge is -2.09. The molecule has 1 aliphatic rings. The lowest BCUT2D eigenvalue weighted by atomic mass is 10.1. The van der Waals surface area contributed by atoms with E-state index < -0.39 is 12.0 Å². The minimum Gasteiger partial charge on any atom is -0.457 e. The normalized spacial score (nSPS) is 15.9. The van der Waals surface area contributed by atoms with E-state index in [1.807, 2.05) is 37.3 Å². The first-order valence-corrected chi connectivity index (χ1v) is 6.50. The number of benzene rings is 1. The third kappa shape index (κ3) is 3.54. The number of ether oxygens (including phenoxy) is 1. The summed E-state index contributed by atoms with van der Waals surface area (Å²) < 4.78 is 5.28. The Balaban J connectivity index is 2.05. The van der Waals surface area contributed by atoms with Gasteiger partial charge >= 0.3 is 12.0 Å². The summed E-state index contributed by atoms with van der Waals surface area (Å²) in [6.07, 6.45) is 2.69. The van der Waals surface area contributed by atoms with E-state index in [9.17, 15) is 9.59 Å². The lowest BCUT2D eigenvalue weighted by Crippen LogP contribution is -2.19. The molecule has 1 aliphatic heterocycles. The first kappa shape index (κ1) is 14.0. The summed E-state index contributed by atoms with van der Waals surface area (Å²) in [4.78, 5) is 26.8. The van der Waals surface area contributed by atoms with Crippen molar-refractivity contribution in [3.05, 3.63) is 47.2 Å². The number of allylic oxidation sites excluding steroid dienone is 1. The van der Waals surface area contributed by atoms with Crippen LogP contribution in [-0.2, 0) is 16.1 Å². The van der Waals surface area contributed by atoms with Crippen molar-refractivity contribution in [2.75, 3.05) is 0 Å². The van der Waals surface area contributed by atoms with E-state index >= 15 is 0 Å². The molecule has 0 bridgehead atoms. The standard InChI is InChI=1S/C15H16N2O3/c1-2-6-12(13-9-16-15(19)17-13)14(18)20-10-11-7-4-3-5-8-11/h3-5,7-9H,2,6,10H2,1H3,(H,17,19). The van der Waals surface area contributed by atoms with Gasteiger partial charge in [0.2, 0.25) is 0 Å². The number of nitrogens with one attached hydrogen (secondary N) is 1. The molecular weight excluding hydrogens is 256 g/mol. The van der Waals surface area contributed by atoms with E-state index in [-0.39, 0.29) is 6.61 Å². The van der Waals surface area contributed by atoms with Crippen molar-refractivity contribution in [1.82, 2.24) is 5.32 Å². The summed E-state index contributed by atoms with van der Waals surface area (Å²) >= 11 is 0. The monoisotopic (exact) mass is 272 g/mol. The molecule has 5 heteroatoms. The molecular formula is C15H16N2O3. The van der Waals surface area contributed by atoms with Gasteiger partial charge in [-0.05, 0) is 12.0 Å². The average Bonchev–Trinajstić information content (AvgIpc) is 2.89. The first-order valence-electron chi connectivity index (χ1n) is 6.50. The molecule has 104 valence electrons. The average molecular weight is 272 g/mol. The topological polar surface area (TPSA) is 67.8 Å². The number of amides is 2. The Morgan fingerprint density at radius 2 is 2.05 bits per heavy atom. The molecule has 0 spiro atoms. The number of urea groups is 1. The van der Waals surface area contributed by atoms with Crippen LogP contribution < -0.4 is 5.32 Å². The summed E-state index contributed by atoms with van der Waals surface area (Å²) in [6.45, 7) is 2.17. The lowest BCUT2D eigenvalue weighted by molar-refractivity contribution is -0.140. The van der Waals surface area contributed by atoms with Gasteiger partial charge in [-0.1, -0.05) is 43.7 Å². The van der Waals surface area contributed by atoms with Gasteiger partial charge in [-0.15, -0.1) is 0 Å². The van der Waals surface area contributed by atoms with E-state index in [0.717, 1.165) is 12.0 Å². The van der Waals surface area contributed by atoms with Crippen molar-refractivity contribution in [2.45, 2.75) is 26.4 Å². The maximum absolute atomic E-state index is 12.1. The molecule has 0 radical (unpaired) electrons. The number of nitrogens with zero attached hydrogens (tertiary/aromatic N) is 1. The van der Waals surface area contributed by atoms with Crippen LogP contribution in [0.3, 0.4) is 0 Å². The van der Waals surface area contributed by atoms with Gasteiger partial charge in [-0.3, -0.25) is 0 Å². The van der Waals surface area contributed by atoms with Gasteiger partial charge in [-0.2, -0.15) is 4.99 Å². The SMILES string of the molecule is CCCC(C(=O)OCc1ccccc1)=C1C=NC(=O)N1. The third-order valence-electron chi connectivity index (χ3n) is 2.84. The van der Waals surface area contributed by atoms with Gasteiger partial charge in [0, 0.05) is 0 Å². The zero-order chi connectivity index (χ0) is 14.4. The molecule has 2 rings (SSSR count). The highest BCUT2D eigenvalue weighted by molar-refractivity contribution is 6.05. The molecule has 20 heavy (non-hydrogen) atoms. The summed E-state index contributed by atoms with van der Waals surface area (Å²) in [6, 6.07) is 9.00. The zero-order valence-electron chi connectivity index (χ0n) is 11.3. The van der Waals surface area contributed by atoms with E-state index in [1.54, 1.807) is 0 Å². The summed E-state index contributed by atoms with van der Waals surface area (Å²) in [5.41, 5.74) is 1.82. The van der Waals surface area contributed by atoms with Gasteiger partial charge in [0.05, 0.1) is 17.5 Å².